The maximum atomic E-state index is 12.7. The van der Waals surface area contributed by atoms with Crippen LogP contribution in [0, 0.1) is 11.7 Å². The number of rotatable bonds is 9. The van der Waals surface area contributed by atoms with Gasteiger partial charge in [-0.15, -0.1) is 0 Å². The number of likely N-dealkylation sites (N-methyl/N-ethyl adjacent to an activating group) is 1. The summed E-state index contributed by atoms with van der Waals surface area (Å²) in [6.07, 6.45) is 1.08. The summed E-state index contributed by atoms with van der Waals surface area (Å²) < 4.78 is 18.1. The molecule has 4 nitrogen and oxygen atoms in total. The van der Waals surface area contributed by atoms with Crippen LogP contribution in [-0.4, -0.2) is 44.1 Å². The molecular formula is C16H25FN2O2. The minimum atomic E-state index is -0.292. The van der Waals surface area contributed by atoms with Crippen LogP contribution < -0.4 is 10.1 Å². The molecule has 0 saturated carbocycles. The molecule has 0 aliphatic carbocycles. The summed E-state index contributed by atoms with van der Waals surface area (Å²) in [6.45, 7) is 6.45. The van der Waals surface area contributed by atoms with Crippen LogP contribution in [-0.2, 0) is 4.79 Å². The summed E-state index contributed by atoms with van der Waals surface area (Å²) in [4.78, 5) is 13.7. The molecule has 0 aliphatic rings. The predicted molar refractivity (Wildman–Crippen MR) is 81.9 cm³/mol. The molecule has 1 aromatic rings. The summed E-state index contributed by atoms with van der Waals surface area (Å²) in [6, 6.07) is 5.82. The highest BCUT2D eigenvalue weighted by molar-refractivity contribution is 5.77. The molecule has 118 valence electrons. The molecule has 0 aliphatic heterocycles. The lowest BCUT2D eigenvalue weighted by Gasteiger charge is -2.17. The third kappa shape index (κ3) is 8.30. The third-order valence-electron chi connectivity index (χ3n) is 3.01. The second-order valence-corrected chi connectivity index (χ2v) is 5.57. The van der Waals surface area contributed by atoms with Crippen molar-refractivity contribution in [1.29, 1.82) is 0 Å². The van der Waals surface area contributed by atoms with E-state index < -0.39 is 0 Å². The molecule has 1 rings (SSSR count). The van der Waals surface area contributed by atoms with Crippen molar-refractivity contribution < 1.29 is 13.9 Å². The maximum absolute atomic E-state index is 12.7. The van der Waals surface area contributed by atoms with Gasteiger partial charge in [-0.25, -0.2) is 4.39 Å². The van der Waals surface area contributed by atoms with Crippen LogP contribution in [0.2, 0.25) is 0 Å². The number of benzene rings is 1. The smallest absolute Gasteiger partial charge is 0.234 e. The van der Waals surface area contributed by atoms with Crippen molar-refractivity contribution in [3.8, 4) is 5.75 Å². The number of ether oxygens (including phenoxy) is 1. The van der Waals surface area contributed by atoms with E-state index in [2.05, 4.69) is 19.2 Å². The average Bonchev–Trinajstić information content (AvgIpc) is 2.43. The molecule has 0 spiro atoms. The lowest BCUT2D eigenvalue weighted by atomic mass is 10.1. The van der Waals surface area contributed by atoms with Gasteiger partial charge in [0, 0.05) is 0 Å². The minimum absolute atomic E-state index is 0.0102. The second kappa shape index (κ2) is 9.34. The number of nitrogens with zero attached hydrogens (tertiary/aromatic N) is 1. The largest absolute Gasteiger partial charge is 0.492 e. The molecule has 0 unspecified atom stereocenters. The van der Waals surface area contributed by atoms with Gasteiger partial charge in [0.25, 0.3) is 0 Å². The lowest BCUT2D eigenvalue weighted by molar-refractivity contribution is -0.122. The first-order chi connectivity index (χ1) is 9.97. The molecule has 5 heteroatoms. The molecule has 21 heavy (non-hydrogen) atoms. The molecule has 0 aromatic heterocycles. The van der Waals surface area contributed by atoms with Crippen molar-refractivity contribution in [3.63, 3.8) is 0 Å². The molecule has 0 fully saturated rings. The van der Waals surface area contributed by atoms with E-state index in [1.54, 1.807) is 12.1 Å². The first-order valence-corrected chi connectivity index (χ1v) is 7.31. The molecule has 0 radical (unpaired) electrons. The van der Waals surface area contributed by atoms with Gasteiger partial charge in [-0.1, -0.05) is 13.8 Å². The van der Waals surface area contributed by atoms with Crippen molar-refractivity contribution >= 4 is 5.91 Å². The van der Waals surface area contributed by atoms with Crippen LogP contribution >= 0.6 is 0 Å². The topological polar surface area (TPSA) is 41.6 Å². The monoisotopic (exact) mass is 296 g/mol. The highest BCUT2D eigenvalue weighted by atomic mass is 19.1. The van der Waals surface area contributed by atoms with Gasteiger partial charge in [-0.2, -0.15) is 0 Å². The molecule has 0 saturated heterocycles. The van der Waals surface area contributed by atoms with E-state index in [1.807, 2.05) is 11.9 Å². The number of nitrogens with one attached hydrogen (secondary N) is 1. The van der Waals surface area contributed by atoms with Gasteiger partial charge in [0.05, 0.1) is 13.1 Å². The average molecular weight is 296 g/mol. The number of carbonyl (C=O) groups is 1. The van der Waals surface area contributed by atoms with Gasteiger partial charge >= 0.3 is 0 Å². The molecule has 1 N–H and O–H groups in total. The zero-order valence-electron chi connectivity index (χ0n) is 13.1. The summed E-state index contributed by atoms with van der Waals surface area (Å²) in [5, 5.41) is 2.80. The van der Waals surface area contributed by atoms with E-state index in [4.69, 9.17) is 4.74 Å². The van der Waals surface area contributed by atoms with E-state index in [-0.39, 0.29) is 11.7 Å². The van der Waals surface area contributed by atoms with Gasteiger partial charge in [0.2, 0.25) is 5.91 Å². The highest BCUT2D eigenvalue weighted by Gasteiger charge is 2.06. The first kappa shape index (κ1) is 17.4. The maximum Gasteiger partial charge on any atom is 0.234 e. The van der Waals surface area contributed by atoms with E-state index >= 15 is 0 Å². The zero-order chi connectivity index (χ0) is 15.7. The molecule has 0 bridgehead atoms. The van der Waals surface area contributed by atoms with Crippen molar-refractivity contribution in [3.05, 3.63) is 30.1 Å². The highest BCUT2D eigenvalue weighted by Crippen LogP contribution is 2.10. The van der Waals surface area contributed by atoms with Gasteiger partial charge in [-0.05, 0) is 50.2 Å². The van der Waals surface area contributed by atoms with Gasteiger partial charge in [0.15, 0.2) is 0 Å². The lowest BCUT2D eigenvalue weighted by Crippen LogP contribution is -2.37. The van der Waals surface area contributed by atoms with E-state index in [0.29, 0.717) is 31.4 Å². The minimum Gasteiger partial charge on any atom is -0.492 e. The van der Waals surface area contributed by atoms with Crippen LogP contribution in [0.5, 0.6) is 5.75 Å². The SMILES string of the molecule is CC(C)CCN(C)CC(=O)NCCOc1ccc(F)cc1. The Morgan fingerprint density at radius 2 is 2.00 bits per heavy atom. The molecule has 0 atom stereocenters. The Hall–Kier alpha value is -1.62. The number of hydrogen-bond donors (Lipinski definition) is 1. The van der Waals surface area contributed by atoms with Gasteiger partial charge < -0.3 is 10.1 Å². The Balaban J connectivity index is 2.11. The third-order valence-corrected chi connectivity index (χ3v) is 3.01. The summed E-state index contributed by atoms with van der Waals surface area (Å²) >= 11 is 0. The fraction of sp³-hybridized carbons (Fsp3) is 0.562. The standard InChI is InChI=1S/C16H25FN2O2/c1-13(2)8-10-19(3)12-16(20)18-9-11-21-15-6-4-14(17)5-7-15/h4-7,13H,8-12H2,1-3H3,(H,18,20). The fourth-order valence-electron chi connectivity index (χ4n) is 1.75. The molecular weight excluding hydrogens is 271 g/mol. The number of halogens is 1. The second-order valence-electron chi connectivity index (χ2n) is 5.57. The Bertz CT molecular complexity index is 421. The Morgan fingerprint density at radius 1 is 1.33 bits per heavy atom. The summed E-state index contributed by atoms with van der Waals surface area (Å²) in [7, 11) is 1.94. The van der Waals surface area contributed by atoms with E-state index in [0.717, 1.165) is 13.0 Å². The van der Waals surface area contributed by atoms with Crippen LogP contribution in [0.25, 0.3) is 0 Å². The molecule has 1 amide bonds. The van der Waals surface area contributed by atoms with Crippen molar-refractivity contribution in [2.45, 2.75) is 20.3 Å². The zero-order valence-corrected chi connectivity index (χ0v) is 13.1. The van der Waals surface area contributed by atoms with Crippen molar-refractivity contribution in [2.24, 2.45) is 5.92 Å². The number of carbonyl (C=O) groups excluding carboxylic acids is 1. The quantitative estimate of drug-likeness (QED) is 0.711. The fourth-order valence-corrected chi connectivity index (χ4v) is 1.75. The normalized spacial score (nSPS) is 11.0. The van der Waals surface area contributed by atoms with Crippen LogP contribution in [0.3, 0.4) is 0 Å². The number of hydrogen-bond acceptors (Lipinski definition) is 3. The van der Waals surface area contributed by atoms with Gasteiger partial charge in [-0.3, -0.25) is 9.69 Å². The van der Waals surface area contributed by atoms with Crippen LogP contribution in [0.1, 0.15) is 20.3 Å². The van der Waals surface area contributed by atoms with Crippen LogP contribution in [0.15, 0.2) is 24.3 Å². The molecule has 1 aromatic carbocycles. The van der Waals surface area contributed by atoms with E-state index in [9.17, 15) is 9.18 Å². The van der Waals surface area contributed by atoms with Crippen LogP contribution in [0.4, 0.5) is 4.39 Å². The summed E-state index contributed by atoms with van der Waals surface area (Å²) in [5.74, 6) is 0.934. The van der Waals surface area contributed by atoms with Crippen molar-refractivity contribution in [1.82, 2.24) is 10.2 Å². The van der Waals surface area contributed by atoms with E-state index in [1.165, 1.54) is 12.1 Å². The Morgan fingerprint density at radius 3 is 2.62 bits per heavy atom. The molecule has 0 heterocycles. The summed E-state index contributed by atoms with van der Waals surface area (Å²) in [5.41, 5.74) is 0. The van der Waals surface area contributed by atoms with Gasteiger partial charge in [0.1, 0.15) is 18.2 Å². The Labute approximate surface area is 126 Å². The first-order valence-electron chi connectivity index (χ1n) is 7.31. The van der Waals surface area contributed by atoms with Crippen molar-refractivity contribution in [2.75, 3.05) is 33.3 Å². The Kier molecular flexibility index (Phi) is 7.75. The predicted octanol–water partition coefficient (Wildman–Crippen LogP) is 2.30. The number of amides is 1.